The number of hydrogen-bond acceptors (Lipinski definition) is 4. The summed E-state index contributed by atoms with van der Waals surface area (Å²) in [6.07, 6.45) is 0. The fraction of sp³-hybridized carbons (Fsp3) is 0.333. The molecule has 1 unspecified atom stereocenters. The average Bonchev–Trinajstić information content (AvgIpc) is 2.31. The van der Waals surface area contributed by atoms with Crippen molar-refractivity contribution in [3.05, 3.63) is 23.3 Å². The summed E-state index contributed by atoms with van der Waals surface area (Å²) in [6, 6.07) is 2.00. The van der Waals surface area contributed by atoms with Gasteiger partial charge in [-0.3, -0.25) is 9.59 Å². The van der Waals surface area contributed by atoms with Crippen molar-refractivity contribution in [3.63, 3.8) is 0 Å². The number of rotatable bonds is 4. The fourth-order valence-corrected chi connectivity index (χ4v) is 1.41. The van der Waals surface area contributed by atoms with Gasteiger partial charge in [-0.05, 0) is 31.5 Å². The van der Waals surface area contributed by atoms with E-state index in [1.807, 2.05) is 0 Å². The van der Waals surface area contributed by atoms with Crippen LogP contribution in [0.5, 0.6) is 11.5 Å². The number of carboxylic acids is 1. The Labute approximate surface area is 104 Å². The Morgan fingerprint density at radius 3 is 2.50 bits per heavy atom. The number of nitrogens with one attached hydrogen (secondary N) is 1. The molecule has 6 heteroatoms. The first-order chi connectivity index (χ1) is 8.36. The lowest BCUT2D eigenvalue weighted by atomic mass is 10.1. The van der Waals surface area contributed by atoms with Crippen molar-refractivity contribution in [2.45, 2.75) is 19.9 Å². The van der Waals surface area contributed by atoms with Gasteiger partial charge in [-0.25, -0.2) is 0 Å². The molecule has 0 radical (unpaired) electrons. The third-order valence-corrected chi connectivity index (χ3v) is 2.40. The number of methoxy groups -OCH3 is 1. The lowest BCUT2D eigenvalue weighted by molar-refractivity contribution is -0.138. The van der Waals surface area contributed by atoms with Gasteiger partial charge in [0.15, 0.2) is 11.5 Å². The second-order valence-corrected chi connectivity index (χ2v) is 3.90. The van der Waals surface area contributed by atoms with E-state index in [9.17, 15) is 14.7 Å². The molecule has 98 valence electrons. The van der Waals surface area contributed by atoms with Crippen molar-refractivity contribution in [3.8, 4) is 11.5 Å². The van der Waals surface area contributed by atoms with Gasteiger partial charge in [0.05, 0.1) is 12.7 Å². The van der Waals surface area contributed by atoms with E-state index in [0.717, 1.165) is 5.56 Å². The topological polar surface area (TPSA) is 95.9 Å². The number of ether oxygens (including phenoxy) is 1. The van der Waals surface area contributed by atoms with Crippen LogP contribution in [0.2, 0.25) is 0 Å². The van der Waals surface area contributed by atoms with Gasteiger partial charge in [0.1, 0.15) is 6.04 Å². The molecule has 6 nitrogen and oxygen atoms in total. The molecule has 0 saturated carbocycles. The van der Waals surface area contributed by atoms with Crippen molar-refractivity contribution in [1.29, 1.82) is 0 Å². The fourth-order valence-electron chi connectivity index (χ4n) is 1.41. The van der Waals surface area contributed by atoms with Crippen LogP contribution in [0.25, 0.3) is 0 Å². The first-order valence-electron chi connectivity index (χ1n) is 5.28. The van der Waals surface area contributed by atoms with Gasteiger partial charge in [0.2, 0.25) is 0 Å². The van der Waals surface area contributed by atoms with Gasteiger partial charge in [-0.1, -0.05) is 0 Å². The van der Waals surface area contributed by atoms with Crippen LogP contribution in [0.4, 0.5) is 0 Å². The third kappa shape index (κ3) is 2.91. The number of carbonyl (C=O) groups is 2. The summed E-state index contributed by atoms with van der Waals surface area (Å²) < 4.78 is 4.92. The first-order valence-corrected chi connectivity index (χ1v) is 5.28. The van der Waals surface area contributed by atoms with E-state index < -0.39 is 17.9 Å². The van der Waals surface area contributed by atoms with E-state index >= 15 is 0 Å². The molecular weight excluding hydrogens is 238 g/mol. The summed E-state index contributed by atoms with van der Waals surface area (Å²) >= 11 is 0. The smallest absolute Gasteiger partial charge is 0.325 e. The molecule has 1 atom stereocenters. The third-order valence-electron chi connectivity index (χ3n) is 2.40. The SMILES string of the molecule is COc1cc(C)cc(C(=O)NC(C)C(=O)O)c1O. The van der Waals surface area contributed by atoms with E-state index in [-0.39, 0.29) is 17.1 Å². The molecule has 3 N–H and O–H groups in total. The second-order valence-electron chi connectivity index (χ2n) is 3.90. The molecule has 0 aliphatic rings. The van der Waals surface area contributed by atoms with Crippen LogP contribution in [0.3, 0.4) is 0 Å². The van der Waals surface area contributed by atoms with Gasteiger partial charge in [0.25, 0.3) is 5.91 Å². The number of phenols is 1. The predicted octanol–water partition coefficient (Wildman–Crippen LogP) is 0.912. The van der Waals surface area contributed by atoms with Crippen LogP contribution in [-0.4, -0.2) is 35.2 Å². The molecule has 18 heavy (non-hydrogen) atoms. The Hall–Kier alpha value is -2.24. The standard InChI is InChI=1S/C12H15NO5/c1-6-4-8(10(14)9(5-6)18-3)11(15)13-7(2)12(16)17/h4-5,7,14H,1-3H3,(H,13,15)(H,16,17). The lowest BCUT2D eigenvalue weighted by Gasteiger charge is -2.13. The minimum Gasteiger partial charge on any atom is -0.504 e. The Balaban J connectivity index is 3.06. The summed E-state index contributed by atoms with van der Waals surface area (Å²) in [4.78, 5) is 22.4. The minimum absolute atomic E-state index is 0.0139. The van der Waals surface area contributed by atoms with E-state index in [0.29, 0.717) is 0 Å². The van der Waals surface area contributed by atoms with E-state index in [2.05, 4.69) is 5.32 Å². The quantitative estimate of drug-likeness (QED) is 0.741. The van der Waals surface area contributed by atoms with Crippen molar-refractivity contribution in [1.82, 2.24) is 5.32 Å². The summed E-state index contributed by atoms with van der Waals surface area (Å²) in [7, 11) is 1.37. The Bertz CT molecular complexity index is 484. The number of amides is 1. The zero-order valence-corrected chi connectivity index (χ0v) is 10.4. The molecule has 0 spiro atoms. The van der Waals surface area contributed by atoms with Gasteiger partial charge >= 0.3 is 5.97 Å². The van der Waals surface area contributed by atoms with E-state index in [1.165, 1.54) is 20.1 Å². The number of aromatic hydroxyl groups is 1. The van der Waals surface area contributed by atoms with E-state index in [4.69, 9.17) is 9.84 Å². The Morgan fingerprint density at radius 1 is 1.39 bits per heavy atom. The Morgan fingerprint density at radius 2 is 2.00 bits per heavy atom. The van der Waals surface area contributed by atoms with Crippen LogP contribution in [0.15, 0.2) is 12.1 Å². The molecule has 1 rings (SSSR count). The van der Waals surface area contributed by atoms with Crippen molar-refractivity contribution in [2.24, 2.45) is 0 Å². The molecule has 0 saturated heterocycles. The molecule has 1 aromatic rings. The first kappa shape index (κ1) is 13.8. The molecule has 0 aromatic heterocycles. The van der Waals surface area contributed by atoms with Crippen molar-refractivity contribution in [2.75, 3.05) is 7.11 Å². The van der Waals surface area contributed by atoms with Gasteiger partial charge in [-0.2, -0.15) is 0 Å². The summed E-state index contributed by atoms with van der Waals surface area (Å²) in [5.74, 6) is -1.95. The lowest BCUT2D eigenvalue weighted by Crippen LogP contribution is -2.38. The van der Waals surface area contributed by atoms with Crippen molar-refractivity contribution < 1.29 is 24.5 Å². The van der Waals surface area contributed by atoms with Gasteiger partial charge < -0.3 is 20.3 Å². The molecule has 0 fully saturated rings. The molecular formula is C12H15NO5. The average molecular weight is 253 g/mol. The number of aryl methyl sites for hydroxylation is 1. The summed E-state index contributed by atoms with van der Waals surface area (Å²) in [6.45, 7) is 3.07. The number of carboxylic acid groups (broad SMARTS) is 1. The molecule has 0 bridgehead atoms. The Kier molecular flexibility index (Phi) is 4.14. The number of hydrogen-bond donors (Lipinski definition) is 3. The van der Waals surface area contributed by atoms with Gasteiger partial charge in [-0.15, -0.1) is 0 Å². The van der Waals surface area contributed by atoms with Crippen molar-refractivity contribution >= 4 is 11.9 Å². The number of aliphatic carboxylic acids is 1. The number of phenolic OH excluding ortho intramolecular Hbond substituents is 1. The maximum Gasteiger partial charge on any atom is 0.325 e. The maximum atomic E-state index is 11.8. The number of benzene rings is 1. The van der Waals surface area contributed by atoms with Gasteiger partial charge in [0, 0.05) is 0 Å². The zero-order valence-electron chi connectivity index (χ0n) is 10.4. The summed E-state index contributed by atoms with van der Waals surface area (Å²) in [5, 5.41) is 20.8. The largest absolute Gasteiger partial charge is 0.504 e. The normalized spacial score (nSPS) is 11.7. The molecule has 1 aromatic carbocycles. The highest BCUT2D eigenvalue weighted by Gasteiger charge is 2.20. The second kappa shape index (κ2) is 5.39. The molecule has 0 aliphatic heterocycles. The molecule has 0 aliphatic carbocycles. The highest BCUT2D eigenvalue weighted by molar-refractivity contribution is 5.99. The minimum atomic E-state index is -1.15. The summed E-state index contributed by atoms with van der Waals surface area (Å²) in [5.41, 5.74) is 0.706. The van der Waals surface area contributed by atoms with Crippen LogP contribution >= 0.6 is 0 Å². The van der Waals surface area contributed by atoms with Crippen LogP contribution in [0.1, 0.15) is 22.8 Å². The number of carbonyl (C=O) groups excluding carboxylic acids is 1. The molecule has 1 amide bonds. The monoisotopic (exact) mass is 253 g/mol. The van der Waals surface area contributed by atoms with Crippen LogP contribution < -0.4 is 10.1 Å². The van der Waals surface area contributed by atoms with E-state index in [1.54, 1.807) is 13.0 Å². The zero-order chi connectivity index (χ0) is 13.9. The predicted molar refractivity (Wildman–Crippen MR) is 64.0 cm³/mol. The highest BCUT2D eigenvalue weighted by Crippen LogP contribution is 2.31. The van der Waals surface area contributed by atoms with Crippen LogP contribution in [0, 0.1) is 6.92 Å². The highest BCUT2D eigenvalue weighted by atomic mass is 16.5. The maximum absolute atomic E-state index is 11.8. The molecule has 0 heterocycles. The van der Waals surface area contributed by atoms with Crippen LogP contribution in [-0.2, 0) is 4.79 Å².